The Hall–Kier alpha value is -1.45. The van der Waals surface area contributed by atoms with Crippen molar-refractivity contribution in [3.05, 3.63) is 65.2 Å². The van der Waals surface area contributed by atoms with Crippen molar-refractivity contribution < 1.29 is 4.79 Å². The van der Waals surface area contributed by atoms with E-state index in [1.54, 1.807) is 0 Å². The minimum Gasteiger partial charge on any atom is -0.351 e. The number of rotatable bonds is 5. The van der Waals surface area contributed by atoms with Crippen LogP contribution in [0.3, 0.4) is 0 Å². The standard InChI is InChI=1S/C16H16ClNOS/c1-12(20-15-10-6-5-9-14(15)17)16(19)18-11-13-7-3-2-4-8-13/h2-10,12H,11H2,1H3,(H,18,19). The molecule has 0 aliphatic rings. The van der Waals surface area contributed by atoms with E-state index in [0.29, 0.717) is 11.6 Å². The number of nitrogens with one attached hydrogen (secondary N) is 1. The number of hydrogen-bond donors (Lipinski definition) is 1. The third kappa shape index (κ3) is 4.29. The molecule has 2 rings (SSSR count). The first kappa shape index (κ1) is 14.9. The Morgan fingerprint density at radius 3 is 2.50 bits per heavy atom. The molecule has 0 radical (unpaired) electrons. The van der Waals surface area contributed by atoms with Gasteiger partial charge in [0.25, 0.3) is 0 Å². The van der Waals surface area contributed by atoms with Gasteiger partial charge < -0.3 is 5.32 Å². The quantitative estimate of drug-likeness (QED) is 0.841. The molecule has 0 aromatic heterocycles. The van der Waals surface area contributed by atoms with Crippen molar-refractivity contribution in [1.29, 1.82) is 0 Å². The molecule has 1 atom stereocenters. The Bertz CT molecular complexity index is 574. The fourth-order valence-corrected chi connectivity index (χ4v) is 2.89. The van der Waals surface area contributed by atoms with Crippen LogP contribution in [-0.4, -0.2) is 11.2 Å². The zero-order chi connectivity index (χ0) is 14.4. The highest BCUT2D eigenvalue weighted by atomic mass is 35.5. The van der Waals surface area contributed by atoms with Crippen LogP contribution in [0.2, 0.25) is 5.02 Å². The average Bonchev–Trinajstić information content (AvgIpc) is 2.48. The van der Waals surface area contributed by atoms with E-state index < -0.39 is 0 Å². The third-order valence-corrected chi connectivity index (χ3v) is 4.44. The predicted octanol–water partition coefficient (Wildman–Crippen LogP) is 4.14. The van der Waals surface area contributed by atoms with E-state index in [1.165, 1.54) is 11.8 Å². The number of benzene rings is 2. The van der Waals surface area contributed by atoms with E-state index in [4.69, 9.17) is 11.6 Å². The van der Waals surface area contributed by atoms with Crippen LogP contribution in [0.4, 0.5) is 0 Å². The average molecular weight is 306 g/mol. The fraction of sp³-hybridized carbons (Fsp3) is 0.188. The van der Waals surface area contributed by atoms with Crippen LogP contribution in [0.1, 0.15) is 12.5 Å². The summed E-state index contributed by atoms with van der Waals surface area (Å²) in [6.45, 7) is 2.43. The lowest BCUT2D eigenvalue weighted by Gasteiger charge is -2.12. The van der Waals surface area contributed by atoms with Crippen molar-refractivity contribution >= 4 is 29.3 Å². The Morgan fingerprint density at radius 2 is 1.80 bits per heavy atom. The topological polar surface area (TPSA) is 29.1 Å². The highest BCUT2D eigenvalue weighted by molar-refractivity contribution is 8.00. The van der Waals surface area contributed by atoms with Gasteiger partial charge in [-0.1, -0.05) is 54.1 Å². The lowest BCUT2D eigenvalue weighted by molar-refractivity contribution is -0.120. The van der Waals surface area contributed by atoms with Gasteiger partial charge in [-0.3, -0.25) is 4.79 Å². The summed E-state index contributed by atoms with van der Waals surface area (Å²) in [6, 6.07) is 17.4. The molecule has 20 heavy (non-hydrogen) atoms. The lowest BCUT2D eigenvalue weighted by atomic mass is 10.2. The summed E-state index contributed by atoms with van der Waals surface area (Å²) in [7, 11) is 0. The number of hydrogen-bond acceptors (Lipinski definition) is 2. The van der Waals surface area contributed by atoms with Crippen LogP contribution in [0, 0.1) is 0 Å². The number of amides is 1. The molecule has 2 aromatic carbocycles. The molecule has 0 bridgehead atoms. The van der Waals surface area contributed by atoms with Crippen LogP contribution in [0.25, 0.3) is 0 Å². The van der Waals surface area contributed by atoms with Gasteiger partial charge in [-0.25, -0.2) is 0 Å². The maximum absolute atomic E-state index is 12.1. The molecule has 104 valence electrons. The summed E-state index contributed by atoms with van der Waals surface area (Å²) in [5, 5.41) is 3.43. The van der Waals surface area contributed by atoms with Crippen LogP contribution in [0.15, 0.2) is 59.5 Å². The molecule has 0 saturated carbocycles. The van der Waals surface area contributed by atoms with Gasteiger partial charge in [0.15, 0.2) is 0 Å². The Kier molecular flexibility index (Phi) is 5.50. The molecule has 0 aliphatic heterocycles. The first-order valence-corrected chi connectivity index (χ1v) is 7.65. The molecule has 0 heterocycles. The molecular weight excluding hydrogens is 290 g/mol. The number of carbonyl (C=O) groups is 1. The smallest absolute Gasteiger partial charge is 0.233 e. The summed E-state index contributed by atoms with van der Waals surface area (Å²) < 4.78 is 0. The maximum atomic E-state index is 12.1. The Labute approximate surface area is 128 Å². The van der Waals surface area contributed by atoms with Gasteiger partial charge in [0, 0.05) is 11.4 Å². The third-order valence-electron chi connectivity index (χ3n) is 2.82. The number of halogens is 1. The van der Waals surface area contributed by atoms with Gasteiger partial charge in [-0.05, 0) is 24.6 Å². The van der Waals surface area contributed by atoms with Crippen LogP contribution in [0.5, 0.6) is 0 Å². The Morgan fingerprint density at radius 1 is 1.15 bits per heavy atom. The zero-order valence-corrected chi connectivity index (χ0v) is 12.7. The molecule has 2 aromatic rings. The van der Waals surface area contributed by atoms with Gasteiger partial charge in [-0.15, -0.1) is 11.8 Å². The highest BCUT2D eigenvalue weighted by Crippen LogP contribution is 2.29. The van der Waals surface area contributed by atoms with Crippen LogP contribution in [-0.2, 0) is 11.3 Å². The molecule has 0 aliphatic carbocycles. The molecule has 1 unspecified atom stereocenters. The second kappa shape index (κ2) is 7.36. The van der Waals surface area contributed by atoms with E-state index in [-0.39, 0.29) is 11.2 Å². The van der Waals surface area contributed by atoms with Crippen LogP contribution < -0.4 is 5.32 Å². The van der Waals surface area contributed by atoms with Crippen molar-refractivity contribution in [3.63, 3.8) is 0 Å². The molecule has 0 spiro atoms. The maximum Gasteiger partial charge on any atom is 0.233 e. The normalized spacial score (nSPS) is 11.9. The van der Waals surface area contributed by atoms with E-state index in [1.807, 2.05) is 61.5 Å². The highest BCUT2D eigenvalue weighted by Gasteiger charge is 2.15. The summed E-state index contributed by atoms with van der Waals surface area (Å²) in [6.07, 6.45) is 0. The number of thioether (sulfide) groups is 1. The second-order valence-corrected chi connectivity index (χ2v) is 6.18. The largest absolute Gasteiger partial charge is 0.351 e. The minimum absolute atomic E-state index is 0.0128. The fourth-order valence-electron chi connectivity index (χ4n) is 1.71. The summed E-state index contributed by atoms with van der Waals surface area (Å²) in [5.74, 6) is 0.0128. The first-order valence-electron chi connectivity index (χ1n) is 6.39. The molecule has 0 fully saturated rings. The summed E-state index contributed by atoms with van der Waals surface area (Å²) in [5.41, 5.74) is 1.09. The molecule has 1 amide bonds. The molecule has 0 saturated heterocycles. The van der Waals surface area contributed by atoms with Gasteiger partial charge in [0.05, 0.1) is 10.3 Å². The molecule has 2 nitrogen and oxygen atoms in total. The van der Waals surface area contributed by atoms with Gasteiger partial charge in [0.2, 0.25) is 5.91 Å². The van der Waals surface area contributed by atoms with Gasteiger partial charge in [0.1, 0.15) is 0 Å². The van der Waals surface area contributed by atoms with Crippen molar-refractivity contribution in [2.45, 2.75) is 23.6 Å². The first-order chi connectivity index (χ1) is 9.66. The van der Waals surface area contributed by atoms with E-state index in [0.717, 1.165) is 10.5 Å². The monoisotopic (exact) mass is 305 g/mol. The van der Waals surface area contributed by atoms with E-state index >= 15 is 0 Å². The Balaban J connectivity index is 1.88. The van der Waals surface area contributed by atoms with E-state index in [9.17, 15) is 4.79 Å². The van der Waals surface area contributed by atoms with Gasteiger partial charge in [-0.2, -0.15) is 0 Å². The summed E-state index contributed by atoms with van der Waals surface area (Å²) >= 11 is 7.56. The van der Waals surface area contributed by atoms with Crippen molar-refractivity contribution in [2.75, 3.05) is 0 Å². The summed E-state index contributed by atoms with van der Waals surface area (Å²) in [4.78, 5) is 13.0. The second-order valence-electron chi connectivity index (χ2n) is 4.39. The molecular formula is C16H16ClNOS. The van der Waals surface area contributed by atoms with Crippen LogP contribution >= 0.6 is 23.4 Å². The predicted molar refractivity (Wildman–Crippen MR) is 85.1 cm³/mol. The van der Waals surface area contributed by atoms with Gasteiger partial charge >= 0.3 is 0 Å². The molecule has 1 N–H and O–H groups in total. The van der Waals surface area contributed by atoms with Crippen molar-refractivity contribution in [3.8, 4) is 0 Å². The lowest BCUT2D eigenvalue weighted by Crippen LogP contribution is -2.30. The van der Waals surface area contributed by atoms with E-state index in [2.05, 4.69) is 5.32 Å². The molecule has 4 heteroatoms. The van der Waals surface area contributed by atoms with Crippen molar-refractivity contribution in [2.24, 2.45) is 0 Å². The van der Waals surface area contributed by atoms with Crippen molar-refractivity contribution in [1.82, 2.24) is 5.32 Å². The SMILES string of the molecule is CC(Sc1ccccc1Cl)C(=O)NCc1ccccc1. The number of carbonyl (C=O) groups excluding carboxylic acids is 1. The zero-order valence-electron chi connectivity index (χ0n) is 11.2. The minimum atomic E-state index is -0.182.